The average Bonchev–Trinajstić information content (AvgIpc) is 3.74. The summed E-state index contributed by atoms with van der Waals surface area (Å²) < 4.78 is 29.2. The van der Waals surface area contributed by atoms with Gasteiger partial charge in [0.25, 0.3) is 0 Å². The standard InChI is InChI=1S/C36H41ClN2O8/c1-21-11-10-14-27(43-5)25-19-28(45-35(42)38-25)22(2)34-36(3,47-34)30(46-32(41)18-23-12-8-7-9-13-23)20-31(40)39(4)26-16-24(15-21)17-29(44-6)33(26)37/h7-14,16-17,22,27-28,30,34H,15,18-20H2,1-6H3/b14-10+,21-11+/t22-,27-,28+,30+,34+,36+/m1/s1. The van der Waals surface area contributed by atoms with E-state index in [4.69, 9.17) is 35.3 Å². The van der Waals surface area contributed by atoms with Gasteiger partial charge in [-0.3, -0.25) is 9.59 Å². The van der Waals surface area contributed by atoms with Crippen molar-refractivity contribution in [3.05, 3.63) is 82.4 Å². The number of ether oxygens (including phenoxy) is 5. The smallest absolute Gasteiger partial charge is 0.433 e. The summed E-state index contributed by atoms with van der Waals surface area (Å²) in [5.41, 5.74) is 2.65. The summed E-state index contributed by atoms with van der Waals surface area (Å²) in [4.78, 5) is 45.5. The first-order valence-electron chi connectivity index (χ1n) is 15.6. The Kier molecular flexibility index (Phi) is 10.5. The van der Waals surface area contributed by atoms with Gasteiger partial charge in [-0.2, -0.15) is 4.99 Å². The SMILES string of the molecule is COc1cc2cc(c1Cl)N(C)C(=O)C[C@H](OC(=O)Cc1ccccc1)[C@]1(C)O[C@H]1[C@H](C)[C@@H]1CC(=NC(=O)O1)[C@H](OC)/C=C/C=C(\C)C2. The average molecular weight is 665 g/mol. The lowest BCUT2D eigenvalue weighted by atomic mass is 9.85. The highest BCUT2D eigenvalue weighted by Gasteiger charge is 2.63. The normalized spacial score (nSPS) is 29.9. The zero-order valence-electron chi connectivity index (χ0n) is 27.5. The number of carbonyl (C=O) groups excluding carboxylic acids is 3. The first kappa shape index (κ1) is 34.3. The van der Waals surface area contributed by atoms with Crippen molar-refractivity contribution < 1.29 is 38.1 Å². The second kappa shape index (κ2) is 14.4. The molecule has 3 aliphatic rings. The number of fused-ring (bicyclic) bond motifs is 5. The summed E-state index contributed by atoms with van der Waals surface area (Å²) >= 11 is 6.74. The zero-order valence-corrected chi connectivity index (χ0v) is 28.3. The highest BCUT2D eigenvalue weighted by atomic mass is 35.5. The van der Waals surface area contributed by atoms with E-state index in [0.29, 0.717) is 30.0 Å². The summed E-state index contributed by atoms with van der Waals surface area (Å²) in [5.74, 6) is -0.713. The van der Waals surface area contributed by atoms with Gasteiger partial charge in [0.05, 0.1) is 37.5 Å². The summed E-state index contributed by atoms with van der Waals surface area (Å²) in [7, 11) is 4.72. The molecule has 0 N–H and O–H groups in total. The maximum absolute atomic E-state index is 14.0. The molecule has 3 aliphatic heterocycles. The maximum Gasteiger partial charge on any atom is 0.433 e. The highest BCUT2D eigenvalue weighted by molar-refractivity contribution is 6.35. The quantitative estimate of drug-likeness (QED) is 0.279. The Balaban J connectivity index is 1.53. The van der Waals surface area contributed by atoms with E-state index in [0.717, 1.165) is 16.7 Å². The molecule has 11 heteroatoms. The third kappa shape index (κ3) is 7.77. The third-order valence-electron chi connectivity index (χ3n) is 9.08. The van der Waals surface area contributed by atoms with Crippen molar-refractivity contribution in [2.75, 3.05) is 26.2 Å². The van der Waals surface area contributed by atoms with Crippen molar-refractivity contribution in [2.45, 2.75) is 76.5 Å². The molecule has 10 nitrogen and oxygen atoms in total. The number of allylic oxidation sites excluding steroid dienone is 3. The number of aliphatic imine (C=N–C) groups is 1. The van der Waals surface area contributed by atoms with E-state index in [-0.39, 0.29) is 29.7 Å². The predicted molar refractivity (Wildman–Crippen MR) is 178 cm³/mol. The monoisotopic (exact) mass is 664 g/mol. The minimum absolute atomic E-state index is 0.0294. The molecule has 5 rings (SSSR count). The van der Waals surface area contributed by atoms with Gasteiger partial charge in [-0.1, -0.05) is 72.7 Å². The fraction of sp³-hybridized carbons (Fsp3) is 0.444. The van der Waals surface area contributed by atoms with Crippen molar-refractivity contribution in [1.82, 2.24) is 0 Å². The first-order chi connectivity index (χ1) is 22.4. The second-order valence-electron chi connectivity index (χ2n) is 12.5. The van der Waals surface area contributed by atoms with Crippen LogP contribution in [0, 0.1) is 5.92 Å². The van der Waals surface area contributed by atoms with Crippen LogP contribution < -0.4 is 9.64 Å². The fourth-order valence-electron chi connectivity index (χ4n) is 6.28. The Bertz CT molecular complexity index is 1610. The van der Waals surface area contributed by atoms with Crippen LogP contribution in [0.3, 0.4) is 0 Å². The minimum atomic E-state index is -1.03. The number of hydrogen-bond acceptors (Lipinski definition) is 8. The van der Waals surface area contributed by atoms with Gasteiger partial charge in [0.1, 0.15) is 34.7 Å². The van der Waals surface area contributed by atoms with Crippen molar-refractivity contribution in [3.8, 4) is 5.75 Å². The molecule has 2 amide bonds. The van der Waals surface area contributed by atoms with Crippen LogP contribution in [0.2, 0.25) is 5.02 Å². The van der Waals surface area contributed by atoms with Crippen LogP contribution in [0.4, 0.5) is 10.5 Å². The number of benzene rings is 2. The highest BCUT2D eigenvalue weighted by Crippen LogP contribution is 2.48. The third-order valence-corrected chi connectivity index (χ3v) is 9.46. The Hall–Kier alpha value is -3.99. The molecule has 0 radical (unpaired) electrons. The predicted octanol–water partition coefficient (Wildman–Crippen LogP) is 6.07. The number of nitrogens with zero attached hydrogens (tertiary/aromatic N) is 2. The molecule has 6 atom stereocenters. The number of anilines is 1. The summed E-state index contributed by atoms with van der Waals surface area (Å²) in [6.45, 7) is 5.71. The van der Waals surface area contributed by atoms with Gasteiger partial charge in [0.15, 0.2) is 0 Å². The first-order valence-corrected chi connectivity index (χ1v) is 16.0. The van der Waals surface area contributed by atoms with E-state index < -0.39 is 42.1 Å². The number of hydrogen-bond donors (Lipinski definition) is 0. The van der Waals surface area contributed by atoms with Gasteiger partial charge in [-0.05, 0) is 43.5 Å². The topological polar surface area (TPSA) is 116 Å². The van der Waals surface area contributed by atoms with Gasteiger partial charge in [0.2, 0.25) is 5.91 Å². The van der Waals surface area contributed by atoms with Gasteiger partial charge >= 0.3 is 12.1 Å². The van der Waals surface area contributed by atoms with E-state index in [1.54, 1.807) is 14.2 Å². The number of epoxide rings is 1. The van der Waals surface area contributed by atoms with E-state index in [1.165, 1.54) is 12.0 Å². The molecular formula is C36H41ClN2O8. The molecule has 0 saturated carbocycles. The molecule has 3 heterocycles. The molecule has 0 aliphatic carbocycles. The number of halogens is 1. The van der Waals surface area contributed by atoms with Gasteiger partial charge < -0.3 is 28.6 Å². The van der Waals surface area contributed by atoms with Gasteiger partial charge in [-0.15, -0.1) is 0 Å². The Morgan fingerprint density at radius 3 is 2.60 bits per heavy atom. The van der Waals surface area contributed by atoms with Gasteiger partial charge in [-0.25, -0.2) is 4.79 Å². The second-order valence-corrected chi connectivity index (χ2v) is 12.8. The van der Waals surface area contributed by atoms with Crippen LogP contribution in [0.15, 0.2) is 71.3 Å². The number of esters is 1. The summed E-state index contributed by atoms with van der Waals surface area (Å²) in [6.07, 6.45) is 3.16. The summed E-state index contributed by atoms with van der Waals surface area (Å²) in [5, 5.41) is 0.287. The molecule has 0 aromatic heterocycles. The van der Waals surface area contributed by atoms with E-state index in [1.807, 2.05) is 81.5 Å². The molecule has 1 fully saturated rings. The maximum atomic E-state index is 14.0. The molecular weight excluding hydrogens is 624 g/mol. The van der Waals surface area contributed by atoms with Crippen LogP contribution in [0.5, 0.6) is 5.75 Å². The van der Waals surface area contributed by atoms with Crippen molar-refractivity contribution in [3.63, 3.8) is 0 Å². The molecule has 0 unspecified atom stereocenters. The van der Waals surface area contributed by atoms with Gasteiger partial charge in [0, 0.05) is 26.5 Å². The minimum Gasteiger partial charge on any atom is -0.495 e. The van der Waals surface area contributed by atoms with Crippen LogP contribution in [-0.2, 0) is 41.4 Å². The molecule has 0 spiro atoms. The van der Waals surface area contributed by atoms with E-state index in [9.17, 15) is 14.4 Å². The molecule has 47 heavy (non-hydrogen) atoms. The van der Waals surface area contributed by atoms with Crippen LogP contribution in [-0.4, -0.2) is 75.0 Å². The van der Waals surface area contributed by atoms with Crippen LogP contribution in [0.1, 0.15) is 44.7 Å². The Labute approximate surface area is 280 Å². The molecule has 2 aromatic carbocycles. The van der Waals surface area contributed by atoms with Crippen LogP contribution >= 0.6 is 11.6 Å². The number of carbonyl (C=O) groups is 3. The van der Waals surface area contributed by atoms with E-state index >= 15 is 0 Å². The van der Waals surface area contributed by atoms with Crippen molar-refractivity contribution in [1.29, 1.82) is 0 Å². The largest absolute Gasteiger partial charge is 0.495 e. The Morgan fingerprint density at radius 1 is 1.15 bits per heavy atom. The molecule has 1 saturated heterocycles. The number of methoxy groups -OCH3 is 2. The number of rotatable bonds is 5. The van der Waals surface area contributed by atoms with Crippen molar-refractivity contribution in [2.24, 2.45) is 10.9 Å². The lowest BCUT2D eigenvalue weighted by Gasteiger charge is -2.30. The lowest BCUT2D eigenvalue weighted by molar-refractivity contribution is -0.153. The molecule has 4 bridgehead atoms. The molecule has 2 aromatic rings. The lowest BCUT2D eigenvalue weighted by Crippen LogP contribution is -2.43. The number of amides is 2. The Morgan fingerprint density at radius 2 is 1.89 bits per heavy atom. The summed E-state index contributed by atoms with van der Waals surface area (Å²) in [6, 6.07) is 12.9. The van der Waals surface area contributed by atoms with Crippen LogP contribution in [0.25, 0.3) is 0 Å². The zero-order chi connectivity index (χ0) is 33.9. The molecule has 250 valence electrons. The van der Waals surface area contributed by atoms with E-state index in [2.05, 4.69) is 4.99 Å². The fourth-order valence-corrected chi connectivity index (χ4v) is 6.59. The van der Waals surface area contributed by atoms with Crippen molar-refractivity contribution >= 4 is 41.0 Å².